The Morgan fingerprint density at radius 3 is 2.50 bits per heavy atom. The van der Waals surface area contributed by atoms with Gasteiger partial charge in [0.05, 0.1) is 5.56 Å². The largest absolute Gasteiger partial charge is 0.507 e. The maximum atomic E-state index is 12.0. The fourth-order valence-corrected chi connectivity index (χ4v) is 4.52. The van der Waals surface area contributed by atoms with Crippen LogP contribution in [0.1, 0.15) is 34.3 Å². The molecule has 0 saturated carbocycles. The fraction of sp³-hybridized carbons (Fsp3) is 0.290. The molecule has 0 bridgehead atoms. The normalized spacial score (nSPS) is 14.1. The van der Waals surface area contributed by atoms with Crippen molar-refractivity contribution < 1.29 is 29.3 Å². The highest BCUT2D eigenvalue weighted by Crippen LogP contribution is 2.26. The lowest BCUT2D eigenvalue weighted by Gasteiger charge is -2.26. The molecule has 9 nitrogen and oxygen atoms in total. The van der Waals surface area contributed by atoms with E-state index in [4.69, 9.17) is 15.2 Å². The molecule has 1 atom stereocenters. The number of hydrogen-bond donors (Lipinski definition) is 3. The molecule has 0 fully saturated rings. The molecule has 4 N–H and O–H groups in total. The van der Waals surface area contributed by atoms with E-state index >= 15 is 0 Å². The van der Waals surface area contributed by atoms with Gasteiger partial charge >= 0.3 is 0 Å². The summed E-state index contributed by atoms with van der Waals surface area (Å²) in [5.74, 6) is 0.212. The van der Waals surface area contributed by atoms with Crippen LogP contribution in [0.5, 0.6) is 17.2 Å². The number of aliphatic hydroxyl groups excluding tert-OH is 1. The van der Waals surface area contributed by atoms with Crippen LogP contribution in [-0.2, 0) is 11.3 Å². The SMILES string of the molecule is CN1C(=O)CCC=C1c1ccc(OCC(O)CN(CCOc2ccc(O)c(C(N)=O)c2)Cc2ccccc2)cc1. The van der Waals surface area contributed by atoms with Crippen LogP contribution < -0.4 is 15.2 Å². The van der Waals surface area contributed by atoms with E-state index in [0.29, 0.717) is 37.6 Å². The standard InChI is InChI=1S/C31H35N3O6/c1-33-28(8-5-9-30(33)37)23-10-12-25(13-11-23)40-21-24(35)20-34(19-22-6-3-2-4-7-22)16-17-39-26-14-15-29(36)27(18-26)31(32)38/h2-4,6-8,10-15,18,24,35-36H,5,9,16-17,19-21H2,1H3,(H2,32,38). The summed E-state index contributed by atoms with van der Waals surface area (Å²) >= 11 is 0. The summed E-state index contributed by atoms with van der Waals surface area (Å²) < 4.78 is 11.7. The molecule has 4 rings (SSSR count). The Balaban J connectivity index is 1.32. The van der Waals surface area contributed by atoms with Gasteiger partial charge in [-0.15, -0.1) is 0 Å². The fourth-order valence-electron chi connectivity index (χ4n) is 4.52. The molecule has 0 saturated heterocycles. The highest BCUT2D eigenvalue weighted by Gasteiger charge is 2.19. The van der Waals surface area contributed by atoms with Gasteiger partial charge in [0.2, 0.25) is 5.91 Å². The van der Waals surface area contributed by atoms with Crippen LogP contribution >= 0.6 is 0 Å². The van der Waals surface area contributed by atoms with Crippen LogP contribution in [0, 0.1) is 0 Å². The summed E-state index contributed by atoms with van der Waals surface area (Å²) in [7, 11) is 1.78. The minimum absolute atomic E-state index is 0.00443. The first-order valence-corrected chi connectivity index (χ1v) is 13.2. The third kappa shape index (κ3) is 7.84. The first kappa shape index (κ1) is 28.7. The van der Waals surface area contributed by atoms with E-state index < -0.39 is 12.0 Å². The molecule has 210 valence electrons. The van der Waals surface area contributed by atoms with E-state index in [-0.39, 0.29) is 30.4 Å². The molecule has 3 aromatic carbocycles. The number of nitrogens with zero attached hydrogens (tertiary/aromatic N) is 2. The molecule has 1 heterocycles. The monoisotopic (exact) mass is 545 g/mol. The second-order valence-corrected chi connectivity index (χ2v) is 9.68. The smallest absolute Gasteiger partial charge is 0.252 e. The van der Waals surface area contributed by atoms with Gasteiger partial charge in [-0.1, -0.05) is 36.4 Å². The van der Waals surface area contributed by atoms with Crippen LogP contribution in [-0.4, -0.2) is 71.3 Å². The van der Waals surface area contributed by atoms with Crippen molar-refractivity contribution in [2.45, 2.75) is 25.5 Å². The van der Waals surface area contributed by atoms with Gasteiger partial charge in [-0.3, -0.25) is 14.5 Å². The number of carbonyl (C=O) groups is 2. The van der Waals surface area contributed by atoms with Crippen molar-refractivity contribution >= 4 is 17.5 Å². The highest BCUT2D eigenvalue weighted by molar-refractivity contribution is 5.95. The van der Waals surface area contributed by atoms with Gasteiger partial charge in [-0.25, -0.2) is 0 Å². The number of phenols is 1. The third-order valence-corrected chi connectivity index (χ3v) is 6.65. The van der Waals surface area contributed by atoms with Gasteiger partial charge in [0.1, 0.15) is 36.6 Å². The second-order valence-electron chi connectivity index (χ2n) is 9.68. The first-order chi connectivity index (χ1) is 19.3. The van der Waals surface area contributed by atoms with Gasteiger partial charge < -0.3 is 30.3 Å². The number of nitrogens with two attached hydrogens (primary N) is 1. The van der Waals surface area contributed by atoms with Crippen molar-refractivity contribution in [3.63, 3.8) is 0 Å². The molecule has 0 radical (unpaired) electrons. The Kier molecular flexibility index (Phi) is 9.77. The molecular formula is C31H35N3O6. The lowest BCUT2D eigenvalue weighted by molar-refractivity contribution is -0.127. The molecule has 40 heavy (non-hydrogen) atoms. The van der Waals surface area contributed by atoms with Crippen molar-refractivity contribution in [3.8, 4) is 17.2 Å². The number of ether oxygens (including phenoxy) is 2. The summed E-state index contributed by atoms with van der Waals surface area (Å²) in [6.45, 7) is 1.83. The average Bonchev–Trinajstić information content (AvgIpc) is 2.95. The highest BCUT2D eigenvalue weighted by atomic mass is 16.5. The van der Waals surface area contributed by atoms with Crippen LogP contribution in [0.15, 0.2) is 78.9 Å². The van der Waals surface area contributed by atoms with E-state index in [9.17, 15) is 19.8 Å². The maximum Gasteiger partial charge on any atom is 0.252 e. The molecular weight excluding hydrogens is 510 g/mol. The minimum Gasteiger partial charge on any atom is -0.507 e. The molecule has 2 amide bonds. The van der Waals surface area contributed by atoms with Gasteiger partial charge in [-0.05, 0) is 60.0 Å². The number of amides is 2. The summed E-state index contributed by atoms with van der Waals surface area (Å²) in [5, 5.41) is 20.6. The van der Waals surface area contributed by atoms with E-state index in [2.05, 4.69) is 11.0 Å². The van der Waals surface area contributed by atoms with Crippen molar-refractivity contribution in [2.24, 2.45) is 5.73 Å². The topological polar surface area (TPSA) is 126 Å². The number of hydrogen-bond acceptors (Lipinski definition) is 7. The lowest BCUT2D eigenvalue weighted by Crippen LogP contribution is -2.37. The number of carbonyl (C=O) groups excluding carboxylic acids is 2. The zero-order chi connectivity index (χ0) is 28.5. The van der Waals surface area contributed by atoms with E-state index in [1.54, 1.807) is 18.0 Å². The lowest BCUT2D eigenvalue weighted by atomic mass is 10.1. The zero-order valence-corrected chi connectivity index (χ0v) is 22.5. The first-order valence-electron chi connectivity index (χ1n) is 13.2. The van der Waals surface area contributed by atoms with E-state index in [1.165, 1.54) is 12.1 Å². The van der Waals surface area contributed by atoms with Crippen LogP contribution in [0.4, 0.5) is 0 Å². The third-order valence-electron chi connectivity index (χ3n) is 6.65. The molecule has 0 aromatic heterocycles. The summed E-state index contributed by atoms with van der Waals surface area (Å²) in [4.78, 5) is 27.2. The predicted molar refractivity (Wildman–Crippen MR) is 152 cm³/mol. The maximum absolute atomic E-state index is 12.0. The Morgan fingerprint density at radius 2 is 1.77 bits per heavy atom. The van der Waals surface area contributed by atoms with Gasteiger partial charge in [0, 0.05) is 38.8 Å². The number of benzene rings is 3. The summed E-state index contributed by atoms with van der Waals surface area (Å²) in [6.07, 6.45) is 2.56. The number of allylic oxidation sites excluding steroid dienone is 1. The Bertz CT molecular complexity index is 1330. The van der Waals surface area contributed by atoms with Crippen molar-refractivity contribution in [2.75, 3.05) is 33.4 Å². The quantitative estimate of drug-likeness (QED) is 0.301. The van der Waals surface area contributed by atoms with Crippen LogP contribution in [0.3, 0.4) is 0 Å². The predicted octanol–water partition coefficient (Wildman–Crippen LogP) is 3.41. The molecule has 9 heteroatoms. The molecule has 3 aromatic rings. The van der Waals surface area contributed by atoms with Crippen LogP contribution in [0.2, 0.25) is 0 Å². The number of primary amides is 1. The average molecular weight is 546 g/mol. The number of aliphatic hydroxyl groups is 1. The van der Waals surface area contributed by atoms with Gasteiger partial charge in [0.15, 0.2) is 0 Å². The van der Waals surface area contributed by atoms with Gasteiger partial charge in [-0.2, -0.15) is 0 Å². The summed E-state index contributed by atoms with van der Waals surface area (Å²) in [5.41, 5.74) is 8.22. The molecule has 0 spiro atoms. The summed E-state index contributed by atoms with van der Waals surface area (Å²) in [6, 6.07) is 21.8. The molecule has 1 aliphatic heterocycles. The molecule has 1 aliphatic rings. The Morgan fingerprint density at radius 1 is 1.05 bits per heavy atom. The molecule has 1 unspecified atom stereocenters. The molecule has 0 aliphatic carbocycles. The Labute approximate surface area is 234 Å². The van der Waals surface area contributed by atoms with Crippen molar-refractivity contribution in [1.82, 2.24) is 9.80 Å². The Hall–Kier alpha value is -4.34. The van der Waals surface area contributed by atoms with Crippen molar-refractivity contribution in [3.05, 3.63) is 95.6 Å². The van der Waals surface area contributed by atoms with Crippen LogP contribution in [0.25, 0.3) is 5.70 Å². The van der Waals surface area contributed by atoms with E-state index in [0.717, 1.165) is 23.2 Å². The second kappa shape index (κ2) is 13.6. The zero-order valence-electron chi connectivity index (χ0n) is 22.5. The minimum atomic E-state index is -0.761. The number of rotatable bonds is 13. The number of aromatic hydroxyl groups is 1. The van der Waals surface area contributed by atoms with Gasteiger partial charge in [0.25, 0.3) is 5.91 Å². The van der Waals surface area contributed by atoms with E-state index in [1.807, 2.05) is 54.6 Å². The van der Waals surface area contributed by atoms with Crippen molar-refractivity contribution in [1.29, 1.82) is 0 Å².